The van der Waals surface area contributed by atoms with Gasteiger partial charge in [0.1, 0.15) is 5.60 Å². The molecule has 0 aromatic heterocycles. The number of rotatable bonds is 3. The SMILES string of the molecule is CC(O)(CN=C(N)N1CCCCCC1)c1ccccc1Cl.I. The van der Waals surface area contributed by atoms with Crippen molar-refractivity contribution in [1.82, 2.24) is 4.90 Å². The maximum Gasteiger partial charge on any atom is 0.191 e. The van der Waals surface area contributed by atoms with Crippen molar-refractivity contribution in [3.8, 4) is 0 Å². The minimum atomic E-state index is -1.12. The average molecular weight is 438 g/mol. The predicted octanol–water partition coefficient (Wildman–Crippen LogP) is 3.36. The highest BCUT2D eigenvalue weighted by Gasteiger charge is 2.25. The summed E-state index contributed by atoms with van der Waals surface area (Å²) < 4.78 is 0. The molecular formula is C16H25ClIN3O. The Morgan fingerprint density at radius 1 is 1.27 bits per heavy atom. The van der Waals surface area contributed by atoms with E-state index in [1.165, 1.54) is 12.8 Å². The van der Waals surface area contributed by atoms with Gasteiger partial charge < -0.3 is 15.7 Å². The summed E-state index contributed by atoms with van der Waals surface area (Å²) in [5.74, 6) is 0.518. The van der Waals surface area contributed by atoms with Crippen LogP contribution >= 0.6 is 35.6 Å². The average Bonchev–Trinajstić information content (AvgIpc) is 2.74. The quantitative estimate of drug-likeness (QED) is 0.433. The van der Waals surface area contributed by atoms with Crippen LogP contribution in [-0.4, -0.2) is 35.6 Å². The third-order valence-corrected chi connectivity index (χ3v) is 4.26. The molecule has 1 aliphatic heterocycles. The Kier molecular flexibility index (Phi) is 7.93. The Hall–Kier alpha value is -0.530. The van der Waals surface area contributed by atoms with E-state index in [-0.39, 0.29) is 30.5 Å². The standard InChI is InChI=1S/C16H24ClN3O.HI/c1-16(21,13-8-4-5-9-14(13)17)12-19-15(18)20-10-6-2-3-7-11-20;/h4-5,8-9,21H,2-3,6-7,10-12H2,1H3,(H2,18,19);1H. The summed E-state index contributed by atoms with van der Waals surface area (Å²) in [5.41, 5.74) is 5.64. The zero-order valence-electron chi connectivity index (χ0n) is 13.0. The van der Waals surface area contributed by atoms with Crippen molar-refractivity contribution in [3.63, 3.8) is 0 Å². The van der Waals surface area contributed by atoms with Crippen LogP contribution in [0.1, 0.15) is 38.2 Å². The van der Waals surface area contributed by atoms with Gasteiger partial charge in [-0.15, -0.1) is 24.0 Å². The fraction of sp³-hybridized carbons (Fsp3) is 0.562. The van der Waals surface area contributed by atoms with E-state index in [0.29, 0.717) is 16.5 Å². The molecule has 2 rings (SSSR count). The van der Waals surface area contributed by atoms with E-state index >= 15 is 0 Å². The van der Waals surface area contributed by atoms with Gasteiger partial charge in [-0.1, -0.05) is 42.6 Å². The van der Waals surface area contributed by atoms with E-state index in [1.807, 2.05) is 18.2 Å². The van der Waals surface area contributed by atoms with E-state index in [0.717, 1.165) is 25.9 Å². The number of guanidine groups is 1. The van der Waals surface area contributed by atoms with Crippen LogP contribution in [0.25, 0.3) is 0 Å². The lowest BCUT2D eigenvalue weighted by Gasteiger charge is -2.25. The van der Waals surface area contributed by atoms with Crippen LogP contribution in [0.5, 0.6) is 0 Å². The van der Waals surface area contributed by atoms with Gasteiger partial charge in [0.2, 0.25) is 0 Å². The van der Waals surface area contributed by atoms with Gasteiger partial charge in [-0.05, 0) is 25.8 Å². The highest BCUT2D eigenvalue weighted by Crippen LogP contribution is 2.28. The largest absolute Gasteiger partial charge is 0.383 e. The molecule has 4 nitrogen and oxygen atoms in total. The second-order valence-corrected chi connectivity index (χ2v) is 6.24. The second-order valence-electron chi connectivity index (χ2n) is 5.83. The first kappa shape index (κ1) is 19.5. The van der Waals surface area contributed by atoms with Gasteiger partial charge in [0, 0.05) is 23.7 Å². The summed E-state index contributed by atoms with van der Waals surface area (Å²) in [5, 5.41) is 11.2. The van der Waals surface area contributed by atoms with Crippen molar-refractivity contribution in [2.75, 3.05) is 19.6 Å². The fourth-order valence-corrected chi connectivity index (χ4v) is 2.96. The van der Waals surface area contributed by atoms with Crippen LogP contribution in [0, 0.1) is 0 Å². The van der Waals surface area contributed by atoms with Crippen LogP contribution in [0.15, 0.2) is 29.3 Å². The molecule has 0 bridgehead atoms. The fourth-order valence-electron chi connectivity index (χ4n) is 2.62. The molecule has 1 aromatic carbocycles. The molecule has 1 saturated heterocycles. The minimum Gasteiger partial charge on any atom is -0.383 e. The van der Waals surface area contributed by atoms with Crippen molar-refractivity contribution in [2.45, 2.75) is 38.2 Å². The summed E-state index contributed by atoms with van der Waals surface area (Å²) in [6.45, 7) is 3.82. The number of aliphatic hydroxyl groups is 1. The first-order valence-electron chi connectivity index (χ1n) is 7.53. The van der Waals surface area contributed by atoms with Crippen LogP contribution < -0.4 is 5.73 Å². The van der Waals surface area contributed by atoms with Crippen molar-refractivity contribution >= 4 is 41.5 Å². The van der Waals surface area contributed by atoms with Crippen LogP contribution in [-0.2, 0) is 5.60 Å². The second kappa shape index (κ2) is 8.93. The molecule has 1 heterocycles. The van der Waals surface area contributed by atoms with Gasteiger partial charge in [0.15, 0.2) is 5.96 Å². The number of benzene rings is 1. The molecule has 0 saturated carbocycles. The Labute approximate surface area is 154 Å². The van der Waals surface area contributed by atoms with Crippen molar-refractivity contribution in [2.24, 2.45) is 10.7 Å². The number of aliphatic imine (C=N–C) groups is 1. The smallest absolute Gasteiger partial charge is 0.191 e. The van der Waals surface area contributed by atoms with Crippen LogP contribution in [0.4, 0.5) is 0 Å². The van der Waals surface area contributed by atoms with E-state index in [4.69, 9.17) is 17.3 Å². The topological polar surface area (TPSA) is 61.9 Å². The Morgan fingerprint density at radius 2 is 1.86 bits per heavy atom. The maximum absolute atomic E-state index is 10.6. The molecule has 3 N–H and O–H groups in total. The van der Waals surface area contributed by atoms with Gasteiger partial charge in [0.25, 0.3) is 0 Å². The molecule has 1 atom stereocenters. The van der Waals surface area contributed by atoms with Gasteiger partial charge in [-0.2, -0.15) is 0 Å². The van der Waals surface area contributed by atoms with E-state index in [2.05, 4.69) is 9.89 Å². The maximum atomic E-state index is 10.6. The number of hydrogen-bond acceptors (Lipinski definition) is 2. The molecule has 1 fully saturated rings. The molecule has 22 heavy (non-hydrogen) atoms. The van der Waals surface area contributed by atoms with E-state index in [9.17, 15) is 5.11 Å². The van der Waals surface area contributed by atoms with Crippen molar-refractivity contribution in [1.29, 1.82) is 0 Å². The summed E-state index contributed by atoms with van der Waals surface area (Å²) in [4.78, 5) is 6.50. The molecule has 1 aliphatic rings. The van der Waals surface area contributed by atoms with Crippen LogP contribution in [0.2, 0.25) is 5.02 Å². The Bertz CT molecular complexity index is 500. The lowest BCUT2D eigenvalue weighted by Crippen LogP contribution is -2.39. The molecule has 1 aromatic rings. The number of nitrogens with zero attached hydrogens (tertiary/aromatic N) is 2. The highest BCUT2D eigenvalue weighted by atomic mass is 127. The zero-order chi connectivity index (χ0) is 15.3. The third-order valence-electron chi connectivity index (χ3n) is 3.93. The molecule has 1 unspecified atom stereocenters. The normalized spacial score (nSPS) is 19.0. The van der Waals surface area contributed by atoms with Gasteiger partial charge >= 0.3 is 0 Å². The third kappa shape index (κ3) is 5.28. The molecule has 0 aliphatic carbocycles. The van der Waals surface area contributed by atoms with Gasteiger partial charge in [-0.25, -0.2) is 4.99 Å². The van der Waals surface area contributed by atoms with Gasteiger partial charge in [0.05, 0.1) is 6.54 Å². The molecular weight excluding hydrogens is 413 g/mol. The predicted molar refractivity (Wildman–Crippen MR) is 103 cm³/mol. The molecule has 0 amide bonds. The summed E-state index contributed by atoms with van der Waals surface area (Å²) in [7, 11) is 0. The zero-order valence-corrected chi connectivity index (χ0v) is 16.1. The van der Waals surface area contributed by atoms with Crippen molar-refractivity contribution in [3.05, 3.63) is 34.9 Å². The molecule has 0 spiro atoms. The first-order valence-corrected chi connectivity index (χ1v) is 7.91. The minimum absolute atomic E-state index is 0. The summed E-state index contributed by atoms with van der Waals surface area (Å²) >= 11 is 6.14. The molecule has 124 valence electrons. The lowest BCUT2D eigenvalue weighted by molar-refractivity contribution is 0.0671. The van der Waals surface area contributed by atoms with Crippen LogP contribution in [0.3, 0.4) is 0 Å². The first-order chi connectivity index (χ1) is 10.0. The number of likely N-dealkylation sites (tertiary alicyclic amines) is 1. The Balaban J connectivity index is 0.00000242. The summed E-state index contributed by atoms with van der Waals surface area (Å²) in [6, 6.07) is 7.29. The van der Waals surface area contributed by atoms with E-state index in [1.54, 1.807) is 13.0 Å². The monoisotopic (exact) mass is 437 g/mol. The summed E-state index contributed by atoms with van der Waals surface area (Å²) in [6.07, 6.45) is 4.80. The number of halogens is 2. The number of hydrogen-bond donors (Lipinski definition) is 2. The molecule has 6 heteroatoms. The van der Waals surface area contributed by atoms with E-state index < -0.39 is 5.60 Å². The Morgan fingerprint density at radius 3 is 2.45 bits per heavy atom. The lowest BCUT2D eigenvalue weighted by atomic mass is 9.96. The van der Waals surface area contributed by atoms with Gasteiger partial charge in [-0.3, -0.25) is 0 Å². The highest BCUT2D eigenvalue weighted by molar-refractivity contribution is 14.0. The number of nitrogens with two attached hydrogens (primary N) is 1. The molecule has 0 radical (unpaired) electrons. The van der Waals surface area contributed by atoms with Crippen molar-refractivity contribution < 1.29 is 5.11 Å².